The molecule has 5 aliphatic rings. The summed E-state index contributed by atoms with van der Waals surface area (Å²) in [5, 5.41) is 14.6. The Morgan fingerprint density at radius 1 is 1.03 bits per heavy atom. The molecule has 362 valence electrons. The number of hydrogen-bond donors (Lipinski definition) is 4. The minimum atomic E-state index is -4.60. The predicted molar refractivity (Wildman–Crippen MR) is 259 cm³/mol. The normalized spacial score (nSPS) is 24.1. The van der Waals surface area contributed by atoms with Gasteiger partial charge in [0.1, 0.15) is 17.1 Å². The first-order valence-electron chi connectivity index (χ1n) is 24.3. The van der Waals surface area contributed by atoms with Crippen molar-refractivity contribution < 1.29 is 36.6 Å². The fraction of sp³-hybridized carbons (Fsp3) is 0.500. The van der Waals surface area contributed by atoms with E-state index in [0.717, 1.165) is 57.6 Å². The van der Waals surface area contributed by atoms with Crippen LogP contribution in [0, 0.1) is 23.0 Å². The number of epoxide rings is 1. The summed E-state index contributed by atoms with van der Waals surface area (Å²) in [5.74, 6) is -3.10. The zero-order chi connectivity index (χ0) is 47.5. The van der Waals surface area contributed by atoms with Crippen LogP contribution >= 0.6 is 0 Å². The number of pyridine rings is 1. The lowest BCUT2D eigenvalue weighted by Gasteiger charge is -2.56. The van der Waals surface area contributed by atoms with Crippen molar-refractivity contribution in [3.63, 3.8) is 0 Å². The van der Waals surface area contributed by atoms with E-state index in [0.29, 0.717) is 85.4 Å². The van der Waals surface area contributed by atoms with Gasteiger partial charge >= 0.3 is 0 Å². The number of fused-ring (bicyclic) bond motifs is 1. The van der Waals surface area contributed by atoms with E-state index < -0.39 is 44.5 Å². The molecule has 5 fully saturated rings. The average Bonchev–Trinajstić information content (AvgIpc) is 3.86. The molecule has 1 spiro atoms. The molecule has 2 atom stereocenters. The lowest BCUT2D eigenvalue weighted by Crippen LogP contribution is -2.55. The van der Waals surface area contributed by atoms with Gasteiger partial charge in [0.25, 0.3) is 15.9 Å². The van der Waals surface area contributed by atoms with Crippen LogP contribution in [0.1, 0.15) is 118 Å². The molecule has 1 unspecified atom stereocenters. The van der Waals surface area contributed by atoms with Crippen LogP contribution in [0.5, 0.6) is 11.5 Å². The first-order valence-corrected chi connectivity index (χ1v) is 25.8. The van der Waals surface area contributed by atoms with Gasteiger partial charge < -0.3 is 34.7 Å². The van der Waals surface area contributed by atoms with Gasteiger partial charge in [-0.25, -0.2) is 26.9 Å². The number of hydrogen-bond acceptors (Lipinski definition) is 11. The molecule has 5 heterocycles. The van der Waals surface area contributed by atoms with E-state index in [9.17, 15) is 18.3 Å². The molecule has 3 aliphatic heterocycles. The highest BCUT2D eigenvalue weighted by Crippen LogP contribution is 2.55. The van der Waals surface area contributed by atoms with Crippen LogP contribution in [0.4, 0.5) is 25.8 Å². The number of amides is 1. The average molecular weight is 952 g/mol. The maximum atomic E-state index is 17.2. The third kappa shape index (κ3) is 9.28. The number of nitrogens with one attached hydrogen (secondary N) is 3. The van der Waals surface area contributed by atoms with Crippen LogP contribution in [0.15, 0.2) is 78.0 Å². The van der Waals surface area contributed by atoms with Crippen molar-refractivity contribution in [1.29, 1.82) is 0 Å². The number of likely N-dealkylation sites (tertiary alicyclic amines) is 1. The number of piperidine rings is 1. The number of ether oxygens (including phenoxy) is 2. The number of carbonyl (C=O) groups excluding carboxylic acids is 1. The Balaban J connectivity index is 0.878. The first kappa shape index (κ1) is 46.4. The van der Waals surface area contributed by atoms with Gasteiger partial charge in [0.05, 0.1) is 40.2 Å². The minimum absolute atomic E-state index is 0.0801. The lowest BCUT2D eigenvalue weighted by molar-refractivity contribution is -0.0229. The number of rotatable bonds is 14. The van der Waals surface area contributed by atoms with E-state index in [4.69, 9.17) is 9.47 Å². The number of H-pyrrole nitrogens is 1. The molecule has 4 N–H and O–H groups in total. The number of aromatic amines is 1. The summed E-state index contributed by atoms with van der Waals surface area (Å²) in [6.07, 6.45) is 11.8. The quantitative estimate of drug-likeness (QED) is 0.0787. The van der Waals surface area contributed by atoms with Gasteiger partial charge in [-0.15, -0.1) is 0 Å². The Kier molecular flexibility index (Phi) is 12.4. The molecule has 13 nitrogen and oxygen atoms in total. The van der Waals surface area contributed by atoms with Crippen LogP contribution in [0.25, 0.3) is 11.0 Å². The standard InChI is InChI=1S/C52H63F2N7O6S/c1-32(2)38-8-5-6-9-39(38)43-10-7-21-61(43)35-27-52(28-35)18-22-60(23-19-52)47-41(53)26-40(48(46(47)54)67-36-24-34-15-20-55-49(34)57-30-36)50(62)58-68(64,65)37-11-12-42(44(25-37)59(4)45-31-66-45)56-29-33-13-16-51(3,63)17-14-33/h5-6,8-9,11-12,15,20,24-26,30,32-33,35,43,45,56,63H,7,10,13-14,16-19,21-23,27-29,31H2,1-4H3,(H,55,57)(H,58,62)/t33?,43-,45?,51?/m0/s1. The number of anilines is 3. The second kappa shape index (κ2) is 18.2. The highest BCUT2D eigenvalue weighted by molar-refractivity contribution is 7.90. The zero-order valence-corrected chi connectivity index (χ0v) is 40.2. The maximum absolute atomic E-state index is 17.2. The van der Waals surface area contributed by atoms with Crippen molar-refractivity contribution in [2.24, 2.45) is 11.3 Å². The lowest BCUT2D eigenvalue weighted by atomic mass is 9.59. The van der Waals surface area contributed by atoms with Crippen LogP contribution in [-0.2, 0) is 14.8 Å². The van der Waals surface area contributed by atoms with Crippen molar-refractivity contribution >= 4 is 44.0 Å². The summed E-state index contributed by atoms with van der Waals surface area (Å²) in [4.78, 5) is 27.5. The molecule has 3 saturated heterocycles. The van der Waals surface area contributed by atoms with Crippen molar-refractivity contribution in [3.05, 3.63) is 101 Å². The summed E-state index contributed by atoms with van der Waals surface area (Å²) in [6.45, 7) is 9.35. The highest BCUT2D eigenvalue weighted by Gasteiger charge is 2.50. The number of aromatic nitrogens is 2. The van der Waals surface area contributed by atoms with E-state index in [1.807, 2.05) is 11.8 Å². The molecule has 0 radical (unpaired) electrons. The first-order chi connectivity index (χ1) is 32.6. The molecule has 10 rings (SSSR count). The Bertz CT molecular complexity index is 2790. The van der Waals surface area contributed by atoms with Crippen LogP contribution < -0.4 is 24.6 Å². The second-order valence-corrected chi connectivity index (χ2v) is 22.3. The summed E-state index contributed by atoms with van der Waals surface area (Å²) >= 11 is 0. The molecule has 3 aromatic carbocycles. The molecule has 0 bridgehead atoms. The van der Waals surface area contributed by atoms with Crippen molar-refractivity contribution in [2.45, 2.75) is 120 Å². The molecule has 68 heavy (non-hydrogen) atoms. The van der Waals surface area contributed by atoms with E-state index in [2.05, 4.69) is 63.0 Å². The Labute approximate surface area is 397 Å². The molecular formula is C52H63F2N7O6S. The number of halogens is 2. The molecule has 2 aliphatic carbocycles. The van der Waals surface area contributed by atoms with Crippen molar-refractivity contribution in [2.75, 3.05) is 55.0 Å². The predicted octanol–water partition coefficient (Wildman–Crippen LogP) is 9.61. The van der Waals surface area contributed by atoms with Crippen LogP contribution in [0.2, 0.25) is 0 Å². The zero-order valence-electron chi connectivity index (χ0n) is 39.4. The molecular weight excluding hydrogens is 889 g/mol. The number of benzene rings is 3. The van der Waals surface area contributed by atoms with Gasteiger partial charge in [-0.3, -0.25) is 9.69 Å². The Morgan fingerprint density at radius 3 is 2.51 bits per heavy atom. The van der Waals surface area contributed by atoms with Gasteiger partial charge in [-0.2, -0.15) is 0 Å². The minimum Gasteiger partial charge on any atom is -0.452 e. The number of aliphatic hydroxyl groups is 1. The third-order valence-electron chi connectivity index (χ3n) is 15.6. The fourth-order valence-electron chi connectivity index (χ4n) is 11.5. The largest absolute Gasteiger partial charge is 0.452 e. The summed E-state index contributed by atoms with van der Waals surface area (Å²) < 4.78 is 75.6. The molecule has 1 amide bonds. The van der Waals surface area contributed by atoms with E-state index >= 15 is 8.78 Å². The number of nitrogens with zero attached hydrogens (tertiary/aromatic N) is 4. The SMILES string of the molecule is CC(C)c1ccccc1[C@@H]1CCCN1C1CC2(CCN(c3c(F)cc(C(=O)NS(=O)(=O)c4ccc(NCC5CCC(C)(O)CC5)c(N(C)C5CO5)c4)c(Oc4cnc5[nH]ccc5c4)c3F)CC2)C1. The number of likely N-dealkylation sites (N-methyl/N-ethyl adjacent to an activating group) is 1. The Hall–Kier alpha value is -5.29. The van der Waals surface area contributed by atoms with Gasteiger partial charge in [0, 0.05) is 50.3 Å². The summed E-state index contributed by atoms with van der Waals surface area (Å²) in [7, 11) is -2.80. The number of sulfonamides is 1. The van der Waals surface area contributed by atoms with Crippen molar-refractivity contribution in [3.8, 4) is 11.5 Å². The molecule has 2 saturated carbocycles. The Morgan fingerprint density at radius 2 is 1.78 bits per heavy atom. The summed E-state index contributed by atoms with van der Waals surface area (Å²) in [5.41, 5.74) is 3.10. The van der Waals surface area contributed by atoms with E-state index in [-0.39, 0.29) is 28.0 Å². The molecule has 16 heteroatoms. The summed E-state index contributed by atoms with van der Waals surface area (Å²) in [6, 6.07) is 18.4. The van der Waals surface area contributed by atoms with Crippen LogP contribution in [-0.4, -0.2) is 92.0 Å². The second-order valence-electron chi connectivity index (χ2n) is 20.6. The van der Waals surface area contributed by atoms with Crippen molar-refractivity contribution in [1.82, 2.24) is 19.6 Å². The highest BCUT2D eigenvalue weighted by atomic mass is 32.2. The number of carbonyl (C=O) groups is 1. The fourth-order valence-corrected chi connectivity index (χ4v) is 12.5. The monoisotopic (exact) mass is 951 g/mol. The van der Waals surface area contributed by atoms with Gasteiger partial charge in [-0.05, 0) is 142 Å². The van der Waals surface area contributed by atoms with Gasteiger partial charge in [0.15, 0.2) is 23.6 Å². The molecule has 5 aromatic rings. The topological polar surface area (TPSA) is 156 Å². The molecule has 2 aromatic heterocycles. The maximum Gasteiger partial charge on any atom is 0.269 e. The smallest absolute Gasteiger partial charge is 0.269 e. The van der Waals surface area contributed by atoms with Gasteiger partial charge in [-0.1, -0.05) is 38.1 Å². The van der Waals surface area contributed by atoms with Gasteiger partial charge in [0.2, 0.25) is 0 Å². The van der Waals surface area contributed by atoms with E-state index in [1.54, 1.807) is 36.3 Å². The van der Waals surface area contributed by atoms with E-state index in [1.165, 1.54) is 35.9 Å². The van der Waals surface area contributed by atoms with Crippen LogP contribution in [0.3, 0.4) is 0 Å². The third-order valence-corrected chi connectivity index (χ3v) is 16.9.